The molecule has 0 bridgehead atoms. The number of ether oxygens (including phenoxy) is 2. The highest BCUT2D eigenvalue weighted by molar-refractivity contribution is 6.17. The Kier molecular flexibility index (Phi) is 5.17. The molecule has 0 saturated carbocycles. The number of halogens is 2. The summed E-state index contributed by atoms with van der Waals surface area (Å²) in [5.41, 5.74) is -0.388. The van der Waals surface area contributed by atoms with E-state index in [-0.39, 0.29) is 18.5 Å². The van der Waals surface area contributed by atoms with Gasteiger partial charge in [0.25, 0.3) is 0 Å². The van der Waals surface area contributed by atoms with Gasteiger partial charge in [0.15, 0.2) is 6.07 Å². The van der Waals surface area contributed by atoms with Gasteiger partial charge in [-0.05, 0) is 32.8 Å². The van der Waals surface area contributed by atoms with Crippen LogP contribution >= 0.6 is 11.6 Å². The molecular formula is C12H17ClFNO4. The fourth-order valence-electron chi connectivity index (χ4n) is 1.58. The van der Waals surface area contributed by atoms with Gasteiger partial charge >= 0.3 is 12.1 Å². The quantitative estimate of drug-likeness (QED) is 0.446. The van der Waals surface area contributed by atoms with Crippen LogP contribution in [0.2, 0.25) is 0 Å². The van der Waals surface area contributed by atoms with Crippen molar-refractivity contribution in [1.82, 2.24) is 4.90 Å². The molecule has 5 nitrogen and oxygen atoms in total. The summed E-state index contributed by atoms with van der Waals surface area (Å²) in [6.45, 7) is 5.58. The normalized spacial score (nSPS) is 18.3. The average molecular weight is 294 g/mol. The number of hydrogen-bond acceptors (Lipinski definition) is 4. The molecule has 0 spiro atoms. The summed E-state index contributed by atoms with van der Waals surface area (Å²) in [6, 6.07) is -0.407. The lowest BCUT2D eigenvalue weighted by atomic mass is 10.2. The monoisotopic (exact) mass is 293 g/mol. The summed E-state index contributed by atoms with van der Waals surface area (Å²) in [5, 5.41) is 0. The number of carbonyl (C=O) groups is 2. The molecule has 1 rings (SSSR count). The molecule has 0 aromatic heterocycles. The topological polar surface area (TPSA) is 55.8 Å². The Balaban J connectivity index is 2.65. The maximum absolute atomic E-state index is 13.6. The maximum Gasteiger partial charge on any atom is 0.410 e. The van der Waals surface area contributed by atoms with Crippen LogP contribution in [-0.4, -0.2) is 41.7 Å². The Morgan fingerprint density at radius 3 is 2.58 bits per heavy atom. The van der Waals surface area contributed by atoms with Crippen molar-refractivity contribution in [2.45, 2.75) is 32.8 Å². The van der Waals surface area contributed by atoms with E-state index in [9.17, 15) is 14.0 Å². The third-order valence-corrected chi connectivity index (χ3v) is 2.50. The smallest absolute Gasteiger partial charge is 0.410 e. The predicted octanol–water partition coefficient (Wildman–Crippen LogP) is 2.59. The number of alkyl halides is 1. The molecule has 1 fully saturated rings. The van der Waals surface area contributed by atoms with E-state index in [2.05, 4.69) is 4.74 Å². The molecule has 1 saturated heterocycles. The Morgan fingerprint density at radius 2 is 2.05 bits per heavy atom. The fourth-order valence-corrected chi connectivity index (χ4v) is 1.68. The largest absolute Gasteiger partial charge is 0.444 e. The fraction of sp³-hybridized carbons (Fsp3) is 0.667. The molecule has 0 aromatic carbocycles. The lowest BCUT2D eigenvalue weighted by Crippen LogP contribution is -2.35. The molecule has 1 amide bonds. The molecular weight excluding hydrogens is 277 g/mol. The molecule has 0 unspecified atom stereocenters. The number of carbonyl (C=O) groups excluding carboxylic acids is 2. The van der Waals surface area contributed by atoms with E-state index >= 15 is 0 Å². The van der Waals surface area contributed by atoms with Crippen LogP contribution < -0.4 is 0 Å². The molecule has 0 aliphatic carbocycles. The molecule has 1 aliphatic heterocycles. The van der Waals surface area contributed by atoms with E-state index in [1.807, 2.05) is 0 Å². The summed E-state index contributed by atoms with van der Waals surface area (Å²) in [6.07, 6.45) is -0.247. The zero-order valence-electron chi connectivity index (χ0n) is 11.2. The van der Waals surface area contributed by atoms with E-state index in [4.69, 9.17) is 16.3 Å². The second-order valence-electron chi connectivity index (χ2n) is 5.11. The van der Waals surface area contributed by atoms with Crippen molar-refractivity contribution < 1.29 is 23.5 Å². The predicted molar refractivity (Wildman–Crippen MR) is 67.4 cm³/mol. The second kappa shape index (κ2) is 6.23. The van der Waals surface area contributed by atoms with Crippen LogP contribution in [0.5, 0.6) is 0 Å². The lowest BCUT2D eigenvalue weighted by molar-refractivity contribution is -0.138. The highest BCUT2D eigenvalue weighted by Crippen LogP contribution is 2.23. The number of hydrogen-bond donors (Lipinski definition) is 0. The van der Waals surface area contributed by atoms with Crippen molar-refractivity contribution in [2.75, 3.05) is 19.2 Å². The van der Waals surface area contributed by atoms with Gasteiger partial charge in [-0.25, -0.2) is 9.59 Å². The first-order valence-corrected chi connectivity index (χ1v) is 6.36. The van der Waals surface area contributed by atoms with E-state index < -0.39 is 29.6 Å². The van der Waals surface area contributed by atoms with E-state index in [0.717, 1.165) is 0 Å². The van der Waals surface area contributed by atoms with Gasteiger partial charge in [0.05, 0.1) is 0 Å². The van der Waals surface area contributed by atoms with Crippen LogP contribution in [0.3, 0.4) is 0 Å². The average Bonchev–Trinajstić information content (AvgIpc) is 2.75. The van der Waals surface area contributed by atoms with Crippen LogP contribution in [0.1, 0.15) is 27.2 Å². The minimum absolute atomic E-state index is 0.0259. The summed E-state index contributed by atoms with van der Waals surface area (Å²) in [4.78, 5) is 24.2. The van der Waals surface area contributed by atoms with Crippen LogP contribution in [-0.2, 0) is 14.3 Å². The molecule has 7 heteroatoms. The molecule has 1 aliphatic rings. The van der Waals surface area contributed by atoms with Crippen molar-refractivity contribution in [3.63, 3.8) is 0 Å². The van der Waals surface area contributed by atoms with Crippen molar-refractivity contribution in [3.8, 4) is 0 Å². The van der Waals surface area contributed by atoms with Gasteiger partial charge < -0.3 is 14.4 Å². The molecule has 0 atom stereocenters. The highest BCUT2D eigenvalue weighted by atomic mass is 35.5. The summed E-state index contributed by atoms with van der Waals surface area (Å²) in [7, 11) is 0. The SMILES string of the molecule is CC(C)(C)OC(=O)N1CC/C(=C(/F)C(=O)OCCl)C1. The Hall–Kier alpha value is -1.30. The third kappa shape index (κ3) is 4.70. The molecule has 0 aromatic rings. The van der Waals surface area contributed by atoms with Crippen molar-refractivity contribution in [1.29, 1.82) is 0 Å². The van der Waals surface area contributed by atoms with E-state index in [0.29, 0.717) is 6.54 Å². The Bertz CT molecular complexity index is 403. The molecule has 0 radical (unpaired) electrons. The van der Waals surface area contributed by atoms with Gasteiger partial charge in [0.1, 0.15) is 5.60 Å². The third-order valence-electron chi connectivity index (χ3n) is 2.39. The minimum Gasteiger partial charge on any atom is -0.444 e. The van der Waals surface area contributed by atoms with Gasteiger partial charge in [-0.2, -0.15) is 4.39 Å². The van der Waals surface area contributed by atoms with Crippen LogP contribution in [0.4, 0.5) is 9.18 Å². The first kappa shape index (κ1) is 15.8. The standard InChI is InChI=1S/C12H17ClFNO4/c1-12(2,3)19-11(17)15-5-4-8(6-15)9(14)10(16)18-7-13/h4-7H2,1-3H3/b9-8-. The molecule has 108 valence electrons. The zero-order valence-corrected chi connectivity index (χ0v) is 11.9. The van der Waals surface area contributed by atoms with E-state index in [1.54, 1.807) is 20.8 Å². The highest BCUT2D eigenvalue weighted by Gasteiger charge is 2.30. The van der Waals surface area contributed by atoms with Crippen molar-refractivity contribution in [3.05, 3.63) is 11.4 Å². The Labute approximate surface area is 116 Å². The lowest BCUT2D eigenvalue weighted by Gasteiger charge is -2.23. The summed E-state index contributed by atoms with van der Waals surface area (Å²) >= 11 is 5.18. The van der Waals surface area contributed by atoms with Crippen LogP contribution in [0.25, 0.3) is 0 Å². The number of amides is 1. The van der Waals surface area contributed by atoms with Gasteiger partial charge in [-0.15, -0.1) is 0 Å². The maximum atomic E-state index is 13.6. The first-order valence-electron chi connectivity index (χ1n) is 5.83. The molecule has 0 N–H and O–H groups in total. The number of rotatable bonds is 2. The van der Waals surface area contributed by atoms with Gasteiger partial charge in [0, 0.05) is 13.1 Å². The van der Waals surface area contributed by atoms with Gasteiger partial charge in [-0.1, -0.05) is 11.6 Å². The first-order chi connectivity index (χ1) is 8.74. The van der Waals surface area contributed by atoms with E-state index in [1.165, 1.54) is 4.90 Å². The zero-order chi connectivity index (χ0) is 14.6. The number of nitrogens with zero attached hydrogens (tertiary/aromatic N) is 1. The van der Waals surface area contributed by atoms with Crippen LogP contribution in [0, 0.1) is 0 Å². The summed E-state index contributed by atoms with van der Waals surface area (Å²) < 4.78 is 23.1. The second-order valence-corrected chi connectivity index (χ2v) is 5.33. The molecule has 19 heavy (non-hydrogen) atoms. The number of likely N-dealkylation sites (tertiary alicyclic amines) is 1. The molecule has 1 heterocycles. The van der Waals surface area contributed by atoms with Gasteiger partial charge in [0.2, 0.25) is 5.83 Å². The van der Waals surface area contributed by atoms with Gasteiger partial charge in [-0.3, -0.25) is 0 Å². The number of esters is 1. The minimum atomic E-state index is -1.10. The Morgan fingerprint density at radius 1 is 1.42 bits per heavy atom. The van der Waals surface area contributed by atoms with Crippen LogP contribution in [0.15, 0.2) is 11.4 Å². The summed E-state index contributed by atoms with van der Waals surface area (Å²) in [5.74, 6) is -2.08. The van der Waals surface area contributed by atoms with Crippen molar-refractivity contribution >= 4 is 23.7 Å². The van der Waals surface area contributed by atoms with Crippen molar-refractivity contribution in [2.24, 2.45) is 0 Å².